The summed E-state index contributed by atoms with van der Waals surface area (Å²) in [7, 11) is 0. The van der Waals surface area contributed by atoms with E-state index in [0.717, 1.165) is 33.1 Å². The third kappa shape index (κ3) is 3.03. The minimum absolute atomic E-state index is 0.0534. The van der Waals surface area contributed by atoms with Gasteiger partial charge in [-0.15, -0.1) is 0 Å². The predicted octanol–water partition coefficient (Wildman–Crippen LogP) is 3.16. The first-order valence-electron chi connectivity index (χ1n) is 8.31. The number of aromatic nitrogens is 1. The van der Waals surface area contributed by atoms with E-state index in [1.165, 1.54) is 12.3 Å². The van der Waals surface area contributed by atoms with Gasteiger partial charge in [-0.25, -0.2) is 0 Å². The number of benzene rings is 1. The maximum absolute atomic E-state index is 12.5. The molecule has 0 fully saturated rings. The number of aryl methyl sites for hydroxylation is 1. The number of rotatable bonds is 3. The summed E-state index contributed by atoms with van der Waals surface area (Å²) in [5.74, 6) is 0.403. The Kier molecular flexibility index (Phi) is 4.32. The number of nitrogens with zero attached hydrogens (tertiary/aromatic N) is 1. The summed E-state index contributed by atoms with van der Waals surface area (Å²) in [5, 5.41) is 1.12. The molecule has 0 saturated heterocycles. The standard InChI is InChI=1S/C19H17BrN2O4/c1-11-7-16(23)17(9-25-11)26-10-18(24)22-6-5-15-13(8-22)12-3-2-4-14(20)19(12)21-15/h2-4,7,9,21H,5-6,8,10H2,1H3. The summed E-state index contributed by atoms with van der Waals surface area (Å²) in [6.07, 6.45) is 2.01. The lowest BCUT2D eigenvalue weighted by Crippen LogP contribution is -2.39. The average molecular weight is 417 g/mol. The summed E-state index contributed by atoms with van der Waals surface area (Å²) >= 11 is 3.56. The van der Waals surface area contributed by atoms with Gasteiger partial charge in [-0.1, -0.05) is 12.1 Å². The van der Waals surface area contributed by atoms with Crippen LogP contribution in [0, 0.1) is 6.92 Å². The summed E-state index contributed by atoms with van der Waals surface area (Å²) in [5.41, 5.74) is 3.07. The molecule has 1 amide bonds. The van der Waals surface area contributed by atoms with Crippen LogP contribution >= 0.6 is 15.9 Å². The van der Waals surface area contributed by atoms with Gasteiger partial charge >= 0.3 is 0 Å². The van der Waals surface area contributed by atoms with E-state index in [0.29, 0.717) is 18.8 Å². The predicted molar refractivity (Wildman–Crippen MR) is 100 cm³/mol. The molecule has 26 heavy (non-hydrogen) atoms. The van der Waals surface area contributed by atoms with E-state index >= 15 is 0 Å². The van der Waals surface area contributed by atoms with Gasteiger partial charge in [-0.05, 0) is 28.9 Å². The van der Waals surface area contributed by atoms with Crippen molar-refractivity contribution >= 4 is 32.7 Å². The van der Waals surface area contributed by atoms with Crippen LogP contribution in [0.1, 0.15) is 17.0 Å². The number of para-hydroxylation sites is 1. The van der Waals surface area contributed by atoms with Crippen molar-refractivity contribution < 1.29 is 13.9 Å². The normalized spacial score (nSPS) is 13.7. The Morgan fingerprint density at radius 2 is 2.27 bits per heavy atom. The SMILES string of the molecule is Cc1cc(=O)c(OCC(=O)N2CCc3[nH]c4c(Br)cccc4c3C2)co1. The van der Waals surface area contributed by atoms with Gasteiger partial charge in [-0.2, -0.15) is 0 Å². The highest BCUT2D eigenvalue weighted by Crippen LogP contribution is 2.31. The van der Waals surface area contributed by atoms with Crippen LogP contribution in [0.2, 0.25) is 0 Å². The van der Waals surface area contributed by atoms with Crippen molar-refractivity contribution in [2.45, 2.75) is 19.9 Å². The Morgan fingerprint density at radius 3 is 3.08 bits per heavy atom. The topological polar surface area (TPSA) is 75.5 Å². The second kappa shape index (κ2) is 6.64. The molecule has 0 unspecified atom stereocenters. The highest BCUT2D eigenvalue weighted by molar-refractivity contribution is 9.10. The molecule has 3 aromatic rings. The van der Waals surface area contributed by atoms with E-state index in [-0.39, 0.29) is 23.7 Å². The minimum atomic E-state index is -0.288. The summed E-state index contributed by atoms with van der Waals surface area (Å²) in [6, 6.07) is 7.38. The molecule has 0 spiro atoms. The lowest BCUT2D eigenvalue weighted by Gasteiger charge is -2.27. The molecule has 0 saturated carbocycles. The highest BCUT2D eigenvalue weighted by atomic mass is 79.9. The van der Waals surface area contributed by atoms with Gasteiger partial charge in [0, 0.05) is 46.7 Å². The first kappa shape index (κ1) is 16.9. The first-order valence-corrected chi connectivity index (χ1v) is 9.10. The van der Waals surface area contributed by atoms with E-state index in [9.17, 15) is 9.59 Å². The fourth-order valence-corrected chi connectivity index (χ4v) is 3.71. The molecule has 2 aromatic heterocycles. The molecule has 7 heteroatoms. The van der Waals surface area contributed by atoms with Gasteiger partial charge < -0.3 is 19.0 Å². The molecule has 0 radical (unpaired) electrons. The monoisotopic (exact) mass is 416 g/mol. The molecule has 0 bridgehead atoms. The fraction of sp³-hybridized carbons (Fsp3) is 0.263. The molecular weight excluding hydrogens is 400 g/mol. The molecule has 134 valence electrons. The van der Waals surface area contributed by atoms with Crippen molar-refractivity contribution in [3.63, 3.8) is 0 Å². The number of hydrogen-bond acceptors (Lipinski definition) is 4. The Labute approximate surface area is 157 Å². The number of carbonyl (C=O) groups is 1. The molecule has 1 N–H and O–H groups in total. The van der Waals surface area contributed by atoms with Crippen molar-refractivity contribution in [1.29, 1.82) is 0 Å². The van der Waals surface area contributed by atoms with Crippen LogP contribution in [0.4, 0.5) is 0 Å². The number of carbonyl (C=O) groups excluding carboxylic acids is 1. The number of hydrogen-bond donors (Lipinski definition) is 1. The van der Waals surface area contributed by atoms with E-state index < -0.39 is 0 Å². The summed E-state index contributed by atoms with van der Waals surface area (Å²) in [4.78, 5) is 29.6. The molecule has 1 aromatic carbocycles. The van der Waals surface area contributed by atoms with Crippen LogP contribution in [0.3, 0.4) is 0 Å². The second-order valence-corrected chi connectivity index (χ2v) is 7.17. The van der Waals surface area contributed by atoms with Gasteiger partial charge in [0.05, 0.1) is 5.52 Å². The third-order valence-electron chi connectivity index (χ3n) is 4.59. The molecule has 6 nitrogen and oxygen atoms in total. The smallest absolute Gasteiger partial charge is 0.260 e. The molecular formula is C19H17BrN2O4. The van der Waals surface area contributed by atoms with Crippen LogP contribution in [0.5, 0.6) is 5.75 Å². The van der Waals surface area contributed by atoms with Crippen molar-refractivity contribution in [3.05, 3.63) is 62.2 Å². The van der Waals surface area contributed by atoms with Crippen molar-refractivity contribution in [3.8, 4) is 5.75 Å². The van der Waals surface area contributed by atoms with E-state index in [1.54, 1.807) is 11.8 Å². The number of ether oxygens (including phenoxy) is 1. The third-order valence-corrected chi connectivity index (χ3v) is 5.25. The number of aromatic amines is 1. The fourth-order valence-electron chi connectivity index (χ4n) is 3.25. The maximum Gasteiger partial charge on any atom is 0.260 e. The van der Waals surface area contributed by atoms with E-state index in [1.807, 2.05) is 12.1 Å². The average Bonchev–Trinajstić information content (AvgIpc) is 3.00. The largest absolute Gasteiger partial charge is 0.477 e. The van der Waals surface area contributed by atoms with Crippen LogP contribution in [-0.4, -0.2) is 28.9 Å². The maximum atomic E-state index is 12.5. The number of H-pyrrole nitrogens is 1. The second-order valence-electron chi connectivity index (χ2n) is 6.32. The van der Waals surface area contributed by atoms with Gasteiger partial charge in [0.1, 0.15) is 12.0 Å². The number of nitrogens with one attached hydrogen (secondary N) is 1. The lowest BCUT2D eigenvalue weighted by atomic mass is 10.0. The van der Waals surface area contributed by atoms with Crippen LogP contribution in [-0.2, 0) is 17.8 Å². The van der Waals surface area contributed by atoms with Crippen molar-refractivity contribution in [2.75, 3.05) is 13.2 Å². The number of halogens is 1. The molecule has 3 heterocycles. The first-order chi connectivity index (χ1) is 12.5. The van der Waals surface area contributed by atoms with Crippen LogP contribution < -0.4 is 10.2 Å². The minimum Gasteiger partial charge on any atom is -0.477 e. The number of fused-ring (bicyclic) bond motifs is 3. The Balaban J connectivity index is 1.49. The van der Waals surface area contributed by atoms with Crippen LogP contribution in [0.15, 0.2) is 44.2 Å². The lowest BCUT2D eigenvalue weighted by molar-refractivity contribution is -0.134. The van der Waals surface area contributed by atoms with Gasteiger partial charge in [0.15, 0.2) is 6.61 Å². The van der Waals surface area contributed by atoms with Crippen molar-refractivity contribution in [1.82, 2.24) is 9.88 Å². The van der Waals surface area contributed by atoms with Gasteiger partial charge in [0.25, 0.3) is 5.91 Å². The van der Waals surface area contributed by atoms with E-state index in [4.69, 9.17) is 9.15 Å². The quantitative estimate of drug-likeness (QED) is 0.711. The Bertz CT molecular complexity index is 1050. The molecule has 1 aliphatic heterocycles. The number of amides is 1. The zero-order valence-corrected chi connectivity index (χ0v) is 15.8. The zero-order valence-electron chi connectivity index (χ0n) is 14.2. The van der Waals surface area contributed by atoms with Crippen molar-refractivity contribution in [2.24, 2.45) is 0 Å². The molecule has 4 rings (SSSR count). The van der Waals surface area contributed by atoms with E-state index in [2.05, 4.69) is 27.0 Å². The van der Waals surface area contributed by atoms with Gasteiger partial charge in [0.2, 0.25) is 11.2 Å². The zero-order chi connectivity index (χ0) is 18.3. The highest BCUT2D eigenvalue weighted by Gasteiger charge is 2.25. The molecule has 0 aliphatic carbocycles. The Hall–Kier alpha value is -2.54. The summed E-state index contributed by atoms with van der Waals surface area (Å²) < 4.78 is 11.5. The summed E-state index contributed by atoms with van der Waals surface area (Å²) in [6.45, 7) is 2.63. The Morgan fingerprint density at radius 1 is 1.42 bits per heavy atom. The van der Waals surface area contributed by atoms with Gasteiger partial charge in [-0.3, -0.25) is 9.59 Å². The van der Waals surface area contributed by atoms with Crippen LogP contribution in [0.25, 0.3) is 10.9 Å². The molecule has 1 aliphatic rings. The molecule has 0 atom stereocenters.